The first-order valence-corrected chi connectivity index (χ1v) is 5.65. The van der Waals surface area contributed by atoms with Crippen molar-refractivity contribution in [2.45, 2.75) is 44.9 Å². The van der Waals surface area contributed by atoms with Crippen molar-refractivity contribution in [1.82, 2.24) is 4.90 Å². The number of hydrogen-bond donors (Lipinski definition) is 2. The maximum atomic E-state index is 11.9. The van der Waals surface area contributed by atoms with E-state index in [1.165, 1.54) is 0 Å². The molecule has 1 heterocycles. The topological polar surface area (TPSA) is 92.9 Å². The van der Waals surface area contributed by atoms with Crippen LogP contribution in [0.1, 0.15) is 27.2 Å². The van der Waals surface area contributed by atoms with Crippen molar-refractivity contribution in [2.24, 2.45) is 5.73 Å². The van der Waals surface area contributed by atoms with Gasteiger partial charge in [0.05, 0.1) is 24.2 Å². The predicted octanol–water partition coefficient (Wildman–Crippen LogP) is -0.186. The van der Waals surface area contributed by atoms with E-state index < -0.39 is 17.6 Å². The van der Waals surface area contributed by atoms with Crippen molar-refractivity contribution >= 4 is 11.9 Å². The van der Waals surface area contributed by atoms with Gasteiger partial charge in [0.1, 0.15) is 0 Å². The Balaban J connectivity index is 2.65. The number of carbonyl (C=O) groups excluding carboxylic acids is 1. The second-order valence-electron chi connectivity index (χ2n) is 5.11. The number of morpholine rings is 1. The average Bonchev–Trinajstić information content (AvgIpc) is 2.12. The average molecular weight is 244 g/mol. The van der Waals surface area contributed by atoms with Gasteiger partial charge in [-0.15, -0.1) is 0 Å². The third-order valence-electron chi connectivity index (χ3n) is 2.59. The maximum Gasteiger partial charge on any atom is 0.305 e. The Bertz CT molecular complexity index is 317. The molecule has 0 aromatic carbocycles. The molecule has 0 bridgehead atoms. The third-order valence-corrected chi connectivity index (χ3v) is 2.59. The van der Waals surface area contributed by atoms with Crippen LogP contribution in [-0.4, -0.2) is 52.7 Å². The van der Waals surface area contributed by atoms with Crippen molar-refractivity contribution in [3.05, 3.63) is 0 Å². The van der Waals surface area contributed by atoms with Crippen LogP contribution >= 0.6 is 0 Å². The lowest BCUT2D eigenvalue weighted by Gasteiger charge is -2.42. The van der Waals surface area contributed by atoms with Crippen LogP contribution in [-0.2, 0) is 14.3 Å². The van der Waals surface area contributed by atoms with Gasteiger partial charge in [0.2, 0.25) is 5.91 Å². The molecule has 1 aliphatic heterocycles. The van der Waals surface area contributed by atoms with Crippen LogP contribution in [0.5, 0.6) is 0 Å². The fraction of sp³-hybridized carbons (Fsp3) is 0.818. The van der Waals surface area contributed by atoms with Crippen LogP contribution < -0.4 is 5.73 Å². The number of aliphatic carboxylic acids is 1. The van der Waals surface area contributed by atoms with E-state index in [0.29, 0.717) is 13.1 Å². The quantitative estimate of drug-likeness (QED) is 0.718. The maximum absolute atomic E-state index is 11.9. The summed E-state index contributed by atoms with van der Waals surface area (Å²) >= 11 is 0. The number of rotatable bonds is 3. The number of amides is 1. The fourth-order valence-electron chi connectivity index (χ4n) is 2.13. The van der Waals surface area contributed by atoms with E-state index in [9.17, 15) is 9.59 Å². The Labute approximate surface area is 101 Å². The molecule has 1 aliphatic rings. The summed E-state index contributed by atoms with van der Waals surface area (Å²) in [6, 6.07) is -0.978. The Hall–Kier alpha value is -1.14. The molecule has 1 rings (SSSR count). The number of carboxylic acids is 1. The van der Waals surface area contributed by atoms with E-state index in [1.54, 1.807) is 4.90 Å². The summed E-state index contributed by atoms with van der Waals surface area (Å²) in [4.78, 5) is 24.0. The monoisotopic (exact) mass is 244 g/mol. The van der Waals surface area contributed by atoms with Gasteiger partial charge >= 0.3 is 5.97 Å². The molecule has 0 saturated carbocycles. The molecule has 6 heteroatoms. The molecule has 1 saturated heterocycles. The molecule has 3 N–H and O–H groups in total. The van der Waals surface area contributed by atoms with Gasteiger partial charge in [-0.3, -0.25) is 9.59 Å². The first-order chi connectivity index (χ1) is 7.71. The number of hydrogen-bond acceptors (Lipinski definition) is 4. The van der Waals surface area contributed by atoms with Crippen LogP contribution in [0.15, 0.2) is 0 Å². The van der Waals surface area contributed by atoms with Gasteiger partial charge in [-0.05, 0) is 20.8 Å². The Morgan fingerprint density at radius 1 is 1.59 bits per heavy atom. The SMILES string of the molecule is CC1CN(C(=O)C(N)CC(=O)O)CC(C)(C)O1. The summed E-state index contributed by atoms with van der Waals surface area (Å²) in [5.41, 5.74) is 5.15. The first-order valence-electron chi connectivity index (χ1n) is 5.65. The Morgan fingerprint density at radius 2 is 2.18 bits per heavy atom. The molecular weight excluding hydrogens is 224 g/mol. The van der Waals surface area contributed by atoms with Crippen LogP contribution in [0.3, 0.4) is 0 Å². The van der Waals surface area contributed by atoms with E-state index in [-0.39, 0.29) is 18.4 Å². The van der Waals surface area contributed by atoms with Gasteiger partial charge in [-0.25, -0.2) is 0 Å². The Morgan fingerprint density at radius 3 is 2.65 bits per heavy atom. The molecule has 0 aromatic rings. The molecule has 17 heavy (non-hydrogen) atoms. The van der Waals surface area contributed by atoms with Gasteiger partial charge in [0.15, 0.2) is 0 Å². The van der Waals surface area contributed by atoms with E-state index in [2.05, 4.69) is 0 Å². The Kier molecular flexibility index (Phi) is 4.11. The lowest BCUT2D eigenvalue weighted by Crippen LogP contribution is -2.57. The molecular formula is C11H20N2O4. The molecule has 2 atom stereocenters. The number of nitrogens with zero attached hydrogens (tertiary/aromatic N) is 1. The highest BCUT2D eigenvalue weighted by atomic mass is 16.5. The highest BCUT2D eigenvalue weighted by molar-refractivity contribution is 5.86. The lowest BCUT2D eigenvalue weighted by molar-refractivity contribution is -0.160. The number of carboxylic acid groups (broad SMARTS) is 1. The molecule has 0 spiro atoms. The number of ether oxygens (including phenoxy) is 1. The van der Waals surface area contributed by atoms with E-state index in [1.807, 2.05) is 20.8 Å². The van der Waals surface area contributed by atoms with Gasteiger partial charge in [0, 0.05) is 13.1 Å². The summed E-state index contributed by atoms with van der Waals surface area (Å²) < 4.78 is 5.66. The normalized spacial score (nSPS) is 25.4. The van der Waals surface area contributed by atoms with Crippen LogP contribution in [0.25, 0.3) is 0 Å². The molecule has 1 amide bonds. The highest BCUT2D eigenvalue weighted by Gasteiger charge is 2.35. The van der Waals surface area contributed by atoms with Crippen molar-refractivity contribution in [3.8, 4) is 0 Å². The second-order valence-corrected chi connectivity index (χ2v) is 5.11. The van der Waals surface area contributed by atoms with Crippen molar-refractivity contribution in [3.63, 3.8) is 0 Å². The predicted molar refractivity (Wildman–Crippen MR) is 61.4 cm³/mol. The highest BCUT2D eigenvalue weighted by Crippen LogP contribution is 2.21. The fourth-order valence-corrected chi connectivity index (χ4v) is 2.13. The standard InChI is InChI=1S/C11H20N2O4/c1-7-5-13(6-11(2,3)17-7)10(16)8(12)4-9(14)15/h7-8H,4-6,12H2,1-3H3,(H,14,15). The van der Waals surface area contributed by atoms with E-state index >= 15 is 0 Å². The van der Waals surface area contributed by atoms with Crippen molar-refractivity contribution in [1.29, 1.82) is 0 Å². The number of nitrogens with two attached hydrogens (primary N) is 1. The third kappa shape index (κ3) is 3.98. The van der Waals surface area contributed by atoms with Gasteiger partial charge in [-0.2, -0.15) is 0 Å². The number of carbonyl (C=O) groups is 2. The van der Waals surface area contributed by atoms with E-state index in [4.69, 9.17) is 15.6 Å². The largest absolute Gasteiger partial charge is 0.481 e. The van der Waals surface area contributed by atoms with Crippen molar-refractivity contribution in [2.75, 3.05) is 13.1 Å². The zero-order valence-corrected chi connectivity index (χ0v) is 10.5. The molecule has 0 aromatic heterocycles. The summed E-state index contributed by atoms with van der Waals surface area (Å²) in [5, 5.41) is 8.61. The molecule has 0 aliphatic carbocycles. The zero-order chi connectivity index (χ0) is 13.2. The smallest absolute Gasteiger partial charge is 0.305 e. The van der Waals surface area contributed by atoms with E-state index in [0.717, 1.165) is 0 Å². The minimum absolute atomic E-state index is 0.0697. The lowest BCUT2D eigenvalue weighted by atomic mass is 10.0. The molecule has 0 radical (unpaired) electrons. The molecule has 6 nitrogen and oxygen atoms in total. The van der Waals surface area contributed by atoms with Crippen LogP contribution in [0, 0.1) is 0 Å². The minimum atomic E-state index is -1.06. The van der Waals surface area contributed by atoms with Crippen LogP contribution in [0.4, 0.5) is 0 Å². The van der Waals surface area contributed by atoms with Gasteiger partial charge in [0.25, 0.3) is 0 Å². The zero-order valence-electron chi connectivity index (χ0n) is 10.5. The summed E-state index contributed by atoms with van der Waals surface area (Å²) in [6.45, 7) is 6.56. The summed E-state index contributed by atoms with van der Waals surface area (Å²) in [5.74, 6) is -1.39. The molecule has 1 fully saturated rings. The molecule has 98 valence electrons. The first kappa shape index (κ1) is 13.9. The second kappa shape index (κ2) is 5.01. The van der Waals surface area contributed by atoms with Crippen molar-refractivity contribution < 1.29 is 19.4 Å². The summed E-state index contributed by atoms with van der Waals surface area (Å²) in [7, 11) is 0. The minimum Gasteiger partial charge on any atom is -0.481 e. The van der Waals surface area contributed by atoms with Gasteiger partial charge in [-0.1, -0.05) is 0 Å². The molecule has 2 unspecified atom stereocenters. The summed E-state index contributed by atoms with van der Waals surface area (Å²) in [6.07, 6.45) is -0.412. The van der Waals surface area contributed by atoms with Gasteiger partial charge < -0.3 is 20.5 Å². The van der Waals surface area contributed by atoms with Crippen LogP contribution in [0.2, 0.25) is 0 Å².